The van der Waals surface area contributed by atoms with Gasteiger partial charge in [-0.2, -0.15) is 0 Å². The lowest BCUT2D eigenvalue weighted by molar-refractivity contribution is 1.01. The molecule has 0 aliphatic heterocycles. The summed E-state index contributed by atoms with van der Waals surface area (Å²) in [5, 5.41) is 0. The standard InChI is InChI=1S/C11H8Br2N2S2/c12-7-2-1-3-8(4-7)17-6-10-14-5-9(13)11(16)15-10/h1-5H,6H2,(H,14,15,16). The van der Waals surface area contributed by atoms with E-state index in [4.69, 9.17) is 12.2 Å². The second-order valence-corrected chi connectivity index (χ2v) is 6.48. The average Bonchev–Trinajstić information content (AvgIpc) is 2.31. The van der Waals surface area contributed by atoms with Crippen LogP contribution in [0.4, 0.5) is 0 Å². The summed E-state index contributed by atoms with van der Waals surface area (Å²) in [6.45, 7) is 0. The fourth-order valence-corrected chi connectivity index (χ4v) is 2.96. The van der Waals surface area contributed by atoms with Crippen molar-refractivity contribution in [2.24, 2.45) is 0 Å². The summed E-state index contributed by atoms with van der Waals surface area (Å²) in [5.41, 5.74) is 0. The van der Waals surface area contributed by atoms with Gasteiger partial charge in [0.15, 0.2) is 0 Å². The Labute approximate surface area is 126 Å². The first-order valence-corrected chi connectivity index (χ1v) is 7.75. The molecule has 1 aromatic carbocycles. The fraction of sp³-hybridized carbons (Fsp3) is 0.0909. The summed E-state index contributed by atoms with van der Waals surface area (Å²) in [6, 6.07) is 8.18. The molecule has 88 valence electrons. The number of rotatable bonds is 3. The maximum Gasteiger partial charge on any atom is 0.120 e. The molecule has 2 nitrogen and oxygen atoms in total. The number of nitrogens with one attached hydrogen (secondary N) is 1. The lowest BCUT2D eigenvalue weighted by Gasteiger charge is -2.02. The minimum atomic E-state index is 0.685. The van der Waals surface area contributed by atoms with Gasteiger partial charge < -0.3 is 4.98 Å². The predicted octanol–water partition coefficient (Wildman–Crippen LogP) is 4.96. The van der Waals surface area contributed by atoms with Crippen LogP contribution in [0.3, 0.4) is 0 Å². The van der Waals surface area contributed by atoms with Crippen molar-refractivity contribution in [2.75, 3.05) is 0 Å². The third kappa shape index (κ3) is 3.91. The molecule has 2 aromatic rings. The molecule has 0 aliphatic rings. The number of H-pyrrole nitrogens is 1. The van der Waals surface area contributed by atoms with E-state index in [9.17, 15) is 0 Å². The SMILES string of the molecule is S=c1[nH]c(CSc2cccc(Br)c2)ncc1Br. The third-order valence-electron chi connectivity index (χ3n) is 1.98. The average molecular weight is 392 g/mol. The Hall–Kier alpha value is -0.170. The van der Waals surface area contributed by atoms with Crippen molar-refractivity contribution in [3.63, 3.8) is 0 Å². The van der Waals surface area contributed by atoms with E-state index < -0.39 is 0 Å². The maximum absolute atomic E-state index is 5.13. The highest BCUT2D eigenvalue weighted by Gasteiger charge is 2.00. The summed E-state index contributed by atoms with van der Waals surface area (Å²) in [4.78, 5) is 8.56. The molecule has 6 heteroatoms. The molecule has 2 rings (SSSR count). The van der Waals surface area contributed by atoms with E-state index in [0.29, 0.717) is 4.64 Å². The molecule has 0 unspecified atom stereocenters. The van der Waals surface area contributed by atoms with Gasteiger partial charge in [0.05, 0.1) is 10.2 Å². The Morgan fingerprint density at radius 3 is 2.88 bits per heavy atom. The number of benzene rings is 1. The van der Waals surface area contributed by atoms with Crippen LogP contribution in [0.15, 0.2) is 44.3 Å². The van der Waals surface area contributed by atoms with Gasteiger partial charge in [0.25, 0.3) is 0 Å². The summed E-state index contributed by atoms with van der Waals surface area (Å²) in [7, 11) is 0. The van der Waals surface area contributed by atoms with Crippen molar-refractivity contribution in [3.8, 4) is 0 Å². The molecule has 0 aliphatic carbocycles. The van der Waals surface area contributed by atoms with Gasteiger partial charge in [-0.1, -0.05) is 34.2 Å². The van der Waals surface area contributed by atoms with Crippen LogP contribution in [-0.4, -0.2) is 9.97 Å². The van der Waals surface area contributed by atoms with Crippen LogP contribution >= 0.6 is 55.8 Å². The smallest absolute Gasteiger partial charge is 0.120 e. The highest BCUT2D eigenvalue weighted by Crippen LogP contribution is 2.24. The highest BCUT2D eigenvalue weighted by molar-refractivity contribution is 9.10. The zero-order chi connectivity index (χ0) is 12.3. The molecule has 17 heavy (non-hydrogen) atoms. The van der Waals surface area contributed by atoms with E-state index in [1.54, 1.807) is 18.0 Å². The second-order valence-electron chi connectivity index (χ2n) is 3.25. The van der Waals surface area contributed by atoms with E-state index in [0.717, 1.165) is 20.5 Å². The first-order chi connectivity index (χ1) is 8.15. The molecule has 0 spiro atoms. The van der Waals surface area contributed by atoms with Crippen molar-refractivity contribution in [3.05, 3.63) is 49.9 Å². The topological polar surface area (TPSA) is 28.7 Å². The van der Waals surface area contributed by atoms with Crippen LogP contribution in [-0.2, 0) is 5.75 Å². The highest BCUT2D eigenvalue weighted by atomic mass is 79.9. The van der Waals surface area contributed by atoms with E-state index >= 15 is 0 Å². The number of halogens is 2. The molecule has 0 radical (unpaired) electrons. The van der Waals surface area contributed by atoms with Gasteiger partial charge in [0.2, 0.25) is 0 Å². The molecule has 0 amide bonds. The first kappa shape index (κ1) is 13.3. The number of hydrogen-bond donors (Lipinski definition) is 1. The van der Waals surface area contributed by atoms with E-state index in [-0.39, 0.29) is 0 Å². The van der Waals surface area contributed by atoms with Crippen molar-refractivity contribution < 1.29 is 0 Å². The summed E-state index contributed by atoms with van der Waals surface area (Å²) >= 11 is 13.6. The molecule has 0 atom stereocenters. The molecule has 1 N–H and O–H groups in total. The van der Waals surface area contributed by atoms with Crippen LogP contribution in [0.5, 0.6) is 0 Å². The van der Waals surface area contributed by atoms with E-state index in [2.05, 4.69) is 54.0 Å². The molecule has 1 heterocycles. The van der Waals surface area contributed by atoms with Gasteiger partial charge in [-0.05, 0) is 34.1 Å². The predicted molar refractivity (Wildman–Crippen MR) is 80.8 cm³/mol. The second kappa shape index (κ2) is 6.13. The van der Waals surface area contributed by atoms with Crippen molar-refractivity contribution in [2.45, 2.75) is 10.6 Å². The quantitative estimate of drug-likeness (QED) is 0.592. The third-order valence-corrected chi connectivity index (χ3v) is 4.66. The Morgan fingerprint density at radius 1 is 1.35 bits per heavy atom. The Morgan fingerprint density at radius 2 is 2.18 bits per heavy atom. The summed E-state index contributed by atoms with van der Waals surface area (Å²) in [5.74, 6) is 1.65. The zero-order valence-electron chi connectivity index (χ0n) is 8.61. The lowest BCUT2D eigenvalue weighted by atomic mass is 10.4. The van der Waals surface area contributed by atoms with E-state index in [1.165, 1.54) is 4.90 Å². The molecule has 0 saturated carbocycles. The van der Waals surface area contributed by atoms with Crippen molar-refractivity contribution >= 4 is 55.8 Å². The van der Waals surface area contributed by atoms with E-state index in [1.807, 2.05) is 12.1 Å². The summed E-state index contributed by atoms with van der Waals surface area (Å²) < 4.78 is 2.59. The van der Waals surface area contributed by atoms with Crippen LogP contribution in [0.25, 0.3) is 0 Å². The Bertz CT molecular complexity index is 584. The Kier molecular flexibility index (Phi) is 4.78. The van der Waals surface area contributed by atoms with Gasteiger partial charge in [-0.3, -0.25) is 0 Å². The van der Waals surface area contributed by atoms with Crippen molar-refractivity contribution in [1.82, 2.24) is 9.97 Å². The first-order valence-electron chi connectivity index (χ1n) is 4.77. The summed E-state index contributed by atoms with van der Waals surface area (Å²) in [6.07, 6.45) is 1.73. The zero-order valence-corrected chi connectivity index (χ0v) is 13.4. The Balaban J connectivity index is 2.07. The minimum Gasteiger partial charge on any atom is -0.333 e. The molecular weight excluding hydrogens is 384 g/mol. The number of aromatic nitrogens is 2. The van der Waals surface area contributed by atoms with Gasteiger partial charge in [-0.15, -0.1) is 11.8 Å². The van der Waals surface area contributed by atoms with Crippen molar-refractivity contribution in [1.29, 1.82) is 0 Å². The number of hydrogen-bond acceptors (Lipinski definition) is 3. The monoisotopic (exact) mass is 390 g/mol. The lowest BCUT2D eigenvalue weighted by Crippen LogP contribution is -1.92. The van der Waals surface area contributed by atoms with Crippen LogP contribution < -0.4 is 0 Å². The molecule has 0 bridgehead atoms. The fourth-order valence-electron chi connectivity index (χ4n) is 1.20. The van der Waals surface area contributed by atoms with Gasteiger partial charge >= 0.3 is 0 Å². The normalized spacial score (nSPS) is 10.5. The molecule has 1 aromatic heterocycles. The van der Waals surface area contributed by atoms with Crippen LogP contribution in [0.2, 0.25) is 0 Å². The molecule has 0 saturated heterocycles. The molecular formula is C11H8Br2N2S2. The van der Waals surface area contributed by atoms with Crippen LogP contribution in [0.1, 0.15) is 5.82 Å². The maximum atomic E-state index is 5.13. The van der Waals surface area contributed by atoms with Gasteiger partial charge in [0, 0.05) is 15.6 Å². The largest absolute Gasteiger partial charge is 0.333 e. The minimum absolute atomic E-state index is 0.685. The number of aromatic amines is 1. The van der Waals surface area contributed by atoms with Crippen LogP contribution in [0, 0.1) is 4.64 Å². The van der Waals surface area contributed by atoms with Gasteiger partial charge in [-0.25, -0.2) is 4.98 Å². The number of nitrogens with zero attached hydrogens (tertiary/aromatic N) is 1. The number of thioether (sulfide) groups is 1. The van der Waals surface area contributed by atoms with Gasteiger partial charge in [0.1, 0.15) is 10.5 Å². The molecule has 0 fully saturated rings.